The number of carbonyl (C=O) groups is 1. The van der Waals surface area contributed by atoms with Crippen molar-refractivity contribution in [3.63, 3.8) is 0 Å². The number of amides is 1. The van der Waals surface area contributed by atoms with E-state index in [-0.39, 0.29) is 31.4 Å². The van der Waals surface area contributed by atoms with E-state index in [0.29, 0.717) is 26.2 Å². The summed E-state index contributed by atoms with van der Waals surface area (Å²) in [5.41, 5.74) is 0.740. The molecule has 0 saturated carbocycles. The molecule has 0 unspecified atom stereocenters. The molecule has 0 bridgehead atoms. The van der Waals surface area contributed by atoms with E-state index < -0.39 is 10.2 Å². The second kappa shape index (κ2) is 8.02. The van der Waals surface area contributed by atoms with Crippen LogP contribution in [0.1, 0.15) is 12.5 Å². The molecule has 0 spiro atoms. The minimum atomic E-state index is -3.67. The number of nitrogens with zero attached hydrogens (tertiary/aromatic N) is 3. The molecule has 2 N–H and O–H groups in total. The highest BCUT2D eigenvalue weighted by atomic mass is 32.2. The molecule has 134 valence electrons. The number of rotatable bonds is 6. The number of piperazine rings is 1. The van der Waals surface area contributed by atoms with E-state index in [9.17, 15) is 17.6 Å². The Morgan fingerprint density at radius 3 is 2.50 bits per heavy atom. The Morgan fingerprint density at radius 1 is 1.29 bits per heavy atom. The van der Waals surface area contributed by atoms with E-state index in [4.69, 9.17) is 5.14 Å². The average Bonchev–Trinajstić information content (AvgIpc) is 2.52. The molecular formula is C15H23FN4O3S. The number of benzene rings is 1. The molecule has 7 nitrogen and oxygen atoms in total. The molecule has 1 aromatic rings. The van der Waals surface area contributed by atoms with Gasteiger partial charge in [-0.15, -0.1) is 0 Å². The fourth-order valence-corrected chi connectivity index (χ4v) is 3.34. The van der Waals surface area contributed by atoms with Gasteiger partial charge < -0.3 is 4.90 Å². The largest absolute Gasteiger partial charge is 0.338 e. The third-order valence-corrected chi connectivity index (χ3v) is 5.13. The van der Waals surface area contributed by atoms with Crippen LogP contribution >= 0.6 is 0 Å². The maximum atomic E-state index is 13.3. The zero-order chi connectivity index (χ0) is 17.7. The van der Waals surface area contributed by atoms with Gasteiger partial charge in [-0.25, -0.2) is 9.53 Å². The van der Waals surface area contributed by atoms with Gasteiger partial charge in [-0.2, -0.15) is 12.7 Å². The monoisotopic (exact) mass is 358 g/mol. The summed E-state index contributed by atoms with van der Waals surface area (Å²) in [6.45, 7) is 4.43. The van der Waals surface area contributed by atoms with E-state index in [0.717, 1.165) is 5.56 Å². The second-order valence-electron chi connectivity index (χ2n) is 5.76. The highest BCUT2D eigenvalue weighted by Crippen LogP contribution is 2.09. The van der Waals surface area contributed by atoms with Crippen molar-refractivity contribution >= 4 is 16.1 Å². The van der Waals surface area contributed by atoms with Gasteiger partial charge in [0, 0.05) is 39.3 Å². The van der Waals surface area contributed by atoms with Crippen molar-refractivity contribution in [3.8, 4) is 0 Å². The predicted molar refractivity (Wildman–Crippen MR) is 88.6 cm³/mol. The average molecular weight is 358 g/mol. The summed E-state index contributed by atoms with van der Waals surface area (Å²) in [4.78, 5) is 16.0. The molecule has 1 aliphatic heterocycles. The van der Waals surface area contributed by atoms with Crippen molar-refractivity contribution in [1.29, 1.82) is 0 Å². The Balaban J connectivity index is 1.89. The zero-order valence-corrected chi connectivity index (χ0v) is 14.5. The van der Waals surface area contributed by atoms with Gasteiger partial charge in [0.15, 0.2) is 0 Å². The zero-order valence-electron chi connectivity index (χ0n) is 13.7. The summed E-state index contributed by atoms with van der Waals surface area (Å²) >= 11 is 0. The number of carbonyl (C=O) groups excluding carboxylic acids is 1. The summed E-state index contributed by atoms with van der Waals surface area (Å²) in [7, 11) is -3.67. The van der Waals surface area contributed by atoms with Crippen molar-refractivity contribution in [2.75, 3.05) is 39.3 Å². The molecular weight excluding hydrogens is 335 g/mol. The first-order valence-corrected chi connectivity index (χ1v) is 9.32. The lowest BCUT2D eigenvalue weighted by atomic mass is 10.2. The van der Waals surface area contributed by atoms with Crippen LogP contribution in [0.2, 0.25) is 0 Å². The van der Waals surface area contributed by atoms with Crippen LogP contribution in [0, 0.1) is 5.82 Å². The van der Waals surface area contributed by atoms with E-state index in [1.165, 1.54) is 16.4 Å². The minimum absolute atomic E-state index is 0.0641. The number of hydrogen-bond donors (Lipinski definition) is 1. The van der Waals surface area contributed by atoms with Gasteiger partial charge >= 0.3 is 0 Å². The summed E-state index contributed by atoms with van der Waals surface area (Å²) < 4.78 is 37.0. The molecule has 0 aliphatic carbocycles. The Labute approximate surface area is 142 Å². The Bertz CT molecular complexity index is 675. The maximum Gasteiger partial charge on any atom is 0.276 e. The fraction of sp³-hybridized carbons (Fsp3) is 0.533. The number of hydrogen-bond acceptors (Lipinski definition) is 4. The third kappa shape index (κ3) is 5.23. The van der Waals surface area contributed by atoms with Crippen LogP contribution in [-0.4, -0.2) is 67.7 Å². The van der Waals surface area contributed by atoms with Gasteiger partial charge in [0.05, 0.1) is 6.54 Å². The number of halogens is 1. The normalized spacial score (nSPS) is 17.0. The topological polar surface area (TPSA) is 86.9 Å². The van der Waals surface area contributed by atoms with Crippen LogP contribution in [0.5, 0.6) is 0 Å². The molecule has 1 amide bonds. The molecule has 1 aliphatic rings. The van der Waals surface area contributed by atoms with E-state index in [1.807, 2.05) is 11.8 Å². The third-order valence-electron chi connectivity index (χ3n) is 4.05. The van der Waals surface area contributed by atoms with Gasteiger partial charge in [0.2, 0.25) is 5.91 Å². The van der Waals surface area contributed by atoms with Crippen molar-refractivity contribution < 1.29 is 17.6 Å². The van der Waals surface area contributed by atoms with Crippen LogP contribution in [0.25, 0.3) is 0 Å². The van der Waals surface area contributed by atoms with E-state index in [1.54, 1.807) is 17.0 Å². The molecule has 2 rings (SSSR count). The summed E-state index contributed by atoms with van der Waals surface area (Å²) in [6.07, 6.45) is 0. The van der Waals surface area contributed by atoms with E-state index in [2.05, 4.69) is 0 Å². The van der Waals surface area contributed by atoms with Gasteiger partial charge in [-0.3, -0.25) is 9.69 Å². The van der Waals surface area contributed by atoms with Crippen molar-refractivity contribution in [3.05, 3.63) is 35.6 Å². The highest BCUT2D eigenvalue weighted by Gasteiger charge is 2.25. The van der Waals surface area contributed by atoms with Gasteiger partial charge in [-0.1, -0.05) is 12.1 Å². The van der Waals surface area contributed by atoms with Crippen molar-refractivity contribution in [1.82, 2.24) is 14.1 Å². The molecule has 24 heavy (non-hydrogen) atoms. The highest BCUT2D eigenvalue weighted by molar-refractivity contribution is 7.86. The Kier molecular flexibility index (Phi) is 6.27. The van der Waals surface area contributed by atoms with Gasteiger partial charge in [-0.05, 0) is 24.6 Å². The summed E-state index contributed by atoms with van der Waals surface area (Å²) in [5, 5.41) is 5.10. The van der Waals surface area contributed by atoms with Crippen LogP contribution in [0.15, 0.2) is 24.3 Å². The van der Waals surface area contributed by atoms with Crippen LogP contribution < -0.4 is 5.14 Å². The molecule has 1 saturated heterocycles. The number of likely N-dealkylation sites (N-methyl/N-ethyl adjacent to an activating group) is 1. The molecule has 9 heteroatoms. The van der Waals surface area contributed by atoms with Crippen LogP contribution in [0.4, 0.5) is 4.39 Å². The molecule has 1 fully saturated rings. The second-order valence-corrected chi connectivity index (χ2v) is 7.30. The van der Waals surface area contributed by atoms with Crippen molar-refractivity contribution in [2.45, 2.75) is 13.5 Å². The first-order chi connectivity index (χ1) is 11.3. The SMILES string of the molecule is CCN(Cc1cccc(F)c1)C(=O)CN1CCN(S(N)(=O)=O)CC1. The lowest BCUT2D eigenvalue weighted by Gasteiger charge is -2.33. The molecule has 1 heterocycles. The van der Waals surface area contributed by atoms with Crippen molar-refractivity contribution in [2.24, 2.45) is 5.14 Å². The first-order valence-electron chi connectivity index (χ1n) is 7.82. The van der Waals surface area contributed by atoms with Gasteiger partial charge in [0.1, 0.15) is 5.82 Å². The smallest absolute Gasteiger partial charge is 0.276 e. The lowest BCUT2D eigenvalue weighted by Crippen LogP contribution is -2.52. The Morgan fingerprint density at radius 2 is 1.96 bits per heavy atom. The maximum absolute atomic E-state index is 13.3. The van der Waals surface area contributed by atoms with Crippen LogP contribution in [-0.2, 0) is 21.5 Å². The fourth-order valence-electron chi connectivity index (χ4n) is 2.67. The quantitative estimate of drug-likeness (QED) is 0.775. The predicted octanol–water partition coefficient (Wildman–Crippen LogP) is -0.00470. The summed E-state index contributed by atoms with van der Waals surface area (Å²) in [6, 6.07) is 6.19. The standard InChI is InChI=1S/C15H23FN4O3S/c1-2-19(11-13-4-3-5-14(16)10-13)15(21)12-18-6-8-20(9-7-18)24(17,22)23/h3-5,10H,2,6-9,11-12H2,1H3,(H2,17,22,23). The lowest BCUT2D eigenvalue weighted by molar-refractivity contribution is -0.133. The minimum Gasteiger partial charge on any atom is -0.338 e. The molecule has 0 atom stereocenters. The van der Waals surface area contributed by atoms with Crippen LogP contribution in [0.3, 0.4) is 0 Å². The Hall–Kier alpha value is -1.55. The van der Waals surface area contributed by atoms with Gasteiger partial charge in [0.25, 0.3) is 10.2 Å². The molecule has 0 aromatic heterocycles. The number of nitrogens with two attached hydrogens (primary N) is 1. The molecule has 0 radical (unpaired) electrons. The first kappa shape index (κ1) is 18.8. The molecule has 1 aromatic carbocycles. The van der Waals surface area contributed by atoms with E-state index >= 15 is 0 Å². The summed E-state index contributed by atoms with van der Waals surface area (Å²) in [5.74, 6) is -0.388.